The molecule has 0 radical (unpaired) electrons. The van der Waals surface area contributed by atoms with Gasteiger partial charge in [-0.1, -0.05) is 38.3 Å². The Balaban J connectivity index is 2.00. The van der Waals surface area contributed by atoms with E-state index in [1.54, 1.807) is 24.3 Å². The van der Waals surface area contributed by atoms with Crippen LogP contribution in [0.2, 0.25) is 0 Å². The first-order valence-corrected chi connectivity index (χ1v) is 12.1. The van der Waals surface area contributed by atoms with E-state index in [2.05, 4.69) is 4.72 Å². The van der Waals surface area contributed by atoms with Crippen molar-refractivity contribution in [3.63, 3.8) is 0 Å². The fraction of sp³-hybridized carbons (Fsp3) is 0.647. The third kappa shape index (κ3) is 5.77. The number of hydrogen-bond acceptors (Lipinski definition) is 4. The molecule has 1 aliphatic rings. The average molecular weight is 389 g/mol. The summed E-state index contributed by atoms with van der Waals surface area (Å²) >= 11 is 0. The van der Waals surface area contributed by atoms with Gasteiger partial charge in [-0.25, -0.2) is 21.6 Å². The van der Waals surface area contributed by atoms with E-state index in [4.69, 9.17) is 0 Å². The van der Waals surface area contributed by atoms with Crippen LogP contribution >= 0.6 is 0 Å². The molecule has 8 heteroatoms. The summed E-state index contributed by atoms with van der Waals surface area (Å²) in [5, 5.41) is 0. The normalized spacial score (nSPS) is 17.1. The summed E-state index contributed by atoms with van der Waals surface area (Å²) < 4.78 is 52.8. The lowest BCUT2D eigenvalue weighted by atomic mass is 9.95. The molecule has 142 valence electrons. The van der Waals surface area contributed by atoms with Crippen LogP contribution in [0.25, 0.3) is 0 Å². The molecule has 0 heterocycles. The van der Waals surface area contributed by atoms with E-state index in [0.29, 0.717) is 0 Å². The zero-order chi connectivity index (χ0) is 18.5. The number of nitrogens with zero attached hydrogens (tertiary/aromatic N) is 1. The lowest BCUT2D eigenvalue weighted by Gasteiger charge is -2.32. The number of benzene rings is 1. The third-order valence-corrected chi connectivity index (χ3v) is 7.48. The van der Waals surface area contributed by atoms with Crippen LogP contribution in [-0.4, -0.2) is 46.5 Å². The molecule has 1 saturated carbocycles. The molecule has 1 fully saturated rings. The smallest absolute Gasteiger partial charge is 0.212 e. The van der Waals surface area contributed by atoms with Crippen LogP contribution < -0.4 is 4.72 Å². The summed E-state index contributed by atoms with van der Waals surface area (Å²) in [6.07, 6.45) is 6.90. The van der Waals surface area contributed by atoms with Gasteiger partial charge >= 0.3 is 0 Å². The van der Waals surface area contributed by atoms with Gasteiger partial charge in [-0.05, 0) is 37.0 Å². The van der Waals surface area contributed by atoms with Crippen LogP contribution in [-0.2, 0) is 26.5 Å². The van der Waals surface area contributed by atoms with Crippen molar-refractivity contribution in [3.8, 4) is 0 Å². The Morgan fingerprint density at radius 3 is 2.16 bits per heavy atom. The lowest BCUT2D eigenvalue weighted by molar-refractivity contribution is 0.257. The quantitative estimate of drug-likeness (QED) is 0.739. The van der Waals surface area contributed by atoms with E-state index in [0.717, 1.165) is 44.1 Å². The highest BCUT2D eigenvalue weighted by Crippen LogP contribution is 2.24. The molecule has 0 aliphatic heterocycles. The first-order valence-electron chi connectivity index (χ1n) is 8.79. The largest absolute Gasteiger partial charge is 0.240 e. The second-order valence-corrected chi connectivity index (χ2v) is 10.3. The minimum absolute atomic E-state index is 0.0166. The molecule has 1 aromatic carbocycles. The molecule has 0 aromatic heterocycles. The van der Waals surface area contributed by atoms with Crippen molar-refractivity contribution in [1.29, 1.82) is 0 Å². The summed E-state index contributed by atoms with van der Waals surface area (Å²) in [5.74, 6) is 0. The molecule has 0 atom stereocenters. The minimum atomic E-state index is -3.63. The number of sulfonamides is 2. The molecule has 0 bridgehead atoms. The van der Waals surface area contributed by atoms with Crippen molar-refractivity contribution in [3.05, 3.63) is 29.8 Å². The minimum Gasteiger partial charge on any atom is -0.212 e. The highest BCUT2D eigenvalue weighted by molar-refractivity contribution is 7.89. The van der Waals surface area contributed by atoms with Crippen molar-refractivity contribution in [2.24, 2.45) is 0 Å². The number of nitrogens with one attached hydrogen (secondary N) is 1. The van der Waals surface area contributed by atoms with Crippen molar-refractivity contribution in [2.75, 3.05) is 19.3 Å². The van der Waals surface area contributed by atoms with Crippen LogP contribution in [0.15, 0.2) is 29.2 Å². The maximum atomic E-state index is 12.4. The van der Waals surface area contributed by atoms with Gasteiger partial charge in [0.05, 0.1) is 11.2 Å². The van der Waals surface area contributed by atoms with Crippen molar-refractivity contribution < 1.29 is 16.8 Å². The summed E-state index contributed by atoms with van der Waals surface area (Å²) in [5.41, 5.74) is 1.07. The average Bonchev–Trinajstić information content (AvgIpc) is 2.58. The topological polar surface area (TPSA) is 83.6 Å². The maximum Gasteiger partial charge on any atom is 0.240 e. The fourth-order valence-corrected chi connectivity index (χ4v) is 5.46. The first-order chi connectivity index (χ1) is 11.7. The van der Waals surface area contributed by atoms with Gasteiger partial charge in [0.2, 0.25) is 20.0 Å². The Kier molecular flexibility index (Phi) is 7.01. The van der Waals surface area contributed by atoms with Crippen molar-refractivity contribution in [2.45, 2.75) is 56.4 Å². The molecule has 0 amide bonds. The summed E-state index contributed by atoms with van der Waals surface area (Å²) in [7, 11) is -6.99. The van der Waals surface area contributed by atoms with Crippen LogP contribution in [0.5, 0.6) is 0 Å². The molecular formula is C17H28N2O4S2. The maximum absolute atomic E-state index is 12.4. The summed E-state index contributed by atoms with van der Waals surface area (Å²) in [6, 6.07) is 6.73. The Labute approximate surface area is 151 Å². The molecule has 25 heavy (non-hydrogen) atoms. The van der Waals surface area contributed by atoms with Gasteiger partial charge in [-0.3, -0.25) is 0 Å². The summed E-state index contributed by atoms with van der Waals surface area (Å²) in [4.78, 5) is 0.202. The Bertz CT molecular complexity index is 752. The highest BCUT2D eigenvalue weighted by atomic mass is 32.2. The van der Waals surface area contributed by atoms with Crippen LogP contribution in [0.4, 0.5) is 0 Å². The molecule has 1 aliphatic carbocycles. The van der Waals surface area contributed by atoms with Gasteiger partial charge in [0, 0.05) is 19.1 Å². The zero-order valence-corrected chi connectivity index (χ0v) is 16.6. The molecule has 1 aromatic rings. The lowest BCUT2D eigenvalue weighted by Crippen LogP contribution is -2.44. The molecule has 1 N–H and O–H groups in total. The van der Waals surface area contributed by atoms with E-state index in [1.165, 1.54) is 10.6 Å². The van der Waals surface area contributed by atoms with Crippen LogP contribution in [0.3, 0.4) is 0 Å². The predicted molar refractivity (Wildman–Crippen MR) is 99.4 cm³/mol. The zero-order valence-electron chi connectivity index (χ0n) is 14.9. The second-order valence-electron chi connectivity index (χ2n) is 6.56. The second kappa shape index (κ2) is 8.62. The van der Waals surface area contributed by atoms with E-state index >= 15 is 0 Å². The van der Waals surface area contributed by atoms with Crippen molar-refractivity contribution >= 4 is 20.0 Å². The van der Waals surface area contributed by atoms with Gasteiger partial charge in [0.15, 0.2) is 0 Å². The Hall–Kier alpha value is -0.960. The highest BCUT2D eigenvalue weighted by Gasteiger charge is 2.28. The van der Waals surface area contributed by atoms with Gasteiger partial charge in [-0.2, -0.15) is 4.31 Å². The number of aryl methyl sites for hydroxylation is 1. The molecule has 0 spiro atoms. The predicted octanol–water partition coefficient (Wildman–Crippen LogP) is 2.12. The van der Waals surface area contributed by atoms with Gasteiger partial charge in [-0.15, -0.1) is 0 Å². The Morgan fingerprint density at radius 1 is 1.04 bits per heavy atom. The molecular weight excluding hydrogens is 360 g/mol. The molecule has 6 nitrogen and oxygen atoms in total. The van der Waals surface area contributed by atoms with Crippen LogP contribution in [0.1, 0.15) is 44.6 Å². The standard InChI is InChI=1S/C17H28N2O4S2/c1-3-15-9-11-17(12-10-15)25(22,23)18-13-14-19(24(2,20)21)16-7-5-4-6-8-16/h9-12,16,18H,3-8,13-14H2,1-2H3. The van der Waals surface area contributed by atoms with E-state index in [1.807, 2.05) is 6.92 Å². The van der Waals surface area contributed by atoms with E-state index in [-0.39, 0.29) is 24.0 Å². The van der Waals surface area contributed by atoms with Gasteiger partial charge < -0.3 is 0 Å². The molecule has 2 rings (SSSR count). The van der Waals surface area contributed by atoms with E-state index in [9.17, 15) is 16.8 Å². The SMILES string of the molecule is CCc1ccc(S(=O)(=O)NCCN(C2CCCCC2)S(C)(=O)=O)cc1. The first kappa shape index (κ1) is 20.4. The number of hydrogen-bond donors (Lipinski definition) is 1. The van der Waals surface area contributed by atoms with E-state index < -0.39 is 20.0 Å². The third-order valence-electron chi connectivity index (χ3n) is 4.67. The van der Waals surface area contributed by atoms with Crippen LogP contribution in [0, 0.1) is 0 Å². The molecule has 0 unspecified atom stereocenters. The monoisotopic (exact) mass is 388 g/mol. The Morgan fingerprint density at radius 2 is 1.64 bits per heavy atom. The van der Waals surface area contributed by atoms with Crippen molar-refractivity contribution in [1.82, 2.24) is 9.03 Å². The van der Waals surface area contributed by atoms with Gasteiger partial charge in [0.1, 0.15) is 0 Å². The fourth-order valence-electron chi connectivity index (χ4n) is 3.27. The van der Waals surface area contributed by atoms with Gasteiger partial charge in [0.25, 0.3) is 0 Å². The summed E-state index contributed by atoms with van der Waals surface area (Å²) in [6.45, 7) is 2.24. The number of rotatable bonds is 8. The molecule has 0 saturated heterocycles.